The average molecular weight is 356 g/mol. The summed E-state index contributed by atoms with van der Waals surface area (Å²) < 4.78 is 13.8. The molecule has 0 spiro atoms. The first-order valence-corrected chi connectivity index (χ1v) is 7.88. The molecule has 0 aliphatic rings. The minimum Gasteiger partial charge on any atom is -0.294 e. The molecule has 2 nitrogen and oxygen atoms in total. The summed E-state index contributed by atoms with van der Waals surface area (Å²) in [5.74, 6) is -0.544. The van der Waals surface area contributed by atoms with Crippen LogP contribution in [0.2, 0.25) is 0 Å². The van der Waals surface area contributed by atoms with Gasteiger partial charge in [0, 0.05) is 20.8 Å². The van der Waals surface area contributed by atoms with Crippen LogP contribution < -0.4 is 0 Å². The van der Waals surface area contributed by atoms with Gasteiger partial charge in [0.2, 0.25) is 0 Å². The predicted octanol–water partition coefficient (Wildman–Crippen LogP) is 4.77. The van der Waals surface area contributed by atoms with Gasteiger partial charge in [-0.15, -0.1) is 11.3 Å². The number of nitrogens with zero attached hydrogens (tertiary/aromatic N) is 1. The number of thiazole rings is 1. The van der Waals surface area contributed by atoms with Crippen LogP contribution in [-0.2, 0) is 11.8 Å². The van der Waals surface area contributed by atoms with Crippen LogP contribution in [0.5, 0.6) is 0 Å². The van der Waals surface area contributed by atoms with Crippen molar-refractivity contribution in [2.45, 2.75) is 32.6 Å². The van der Waals surface area contributed by atoms with Crippen molar-refractivity contribution in [3.05, 3.63) is 50.1 Å². The maximum atomic E-state index is 13.2. The SMILES string of the molecule is CC(C)(C)c1csc(CC(=O)c2cc(F)ccc2Br)n1. The molecule has 1 aromatic heterocycles. The number of halogens is 2. The summed E-state index contributed by atoms with van der Waals surface area (Å²) in [6.07, 6.45) is 0.197. The monoisotopic (exact) mass is 355 g/mol. The van der Waals surface area contributed by atoms with Gasteiger partial charge in [-0.25, -0.2) is 9.37 Å². The first kappa shape index (κ1) is 15.3. The summed E-state index contributed by atoms with van der Waals surface area (Å²) in [5.41, 5.74) is 1.30. The Labute approximate surface area is 130 Å². The highest BCUT2D eigenvalue weighted by atomic mass is 79.9. The van der Waals surface area contributed by atoms with Gasteiger partial charge < -0.3 is 0 Å². The molecule has 2 rings (SSSR count). The maximum Gasteiger partial charge on any atom is 0.170 e. The van der Waals surface area contributed by atoms with E-state index in [2.05, 4.69) is 41.7 Å². The Morgan fingerprint density at radius 2 is 2.10 bits per heavy atom. The van der Waals surface area contributed by atoms with E-state index < -0.39 is 5.82 Å². The number of hydrogen-bond donors (Lipinski definition) is 0. The van der Waals surface area contributed by atoms with Crippen LogP contribution in [0.4, 0.5) is 4.39 Å². The summed E-state index contributed by atoms with van der Waals surface area (Å²) in [6, 6.07) is 4.12. The Hall–Kier alpha value is -1.07. The van der Waals surface area contributed by atoms with Crippen molar-refractivity contribution < 1.29 is 9.18 Å². The minimum absolute atomic E-state index is 0.0305. The lowest BCUT2D eigenvalue weighted by Crippen LogP contribution is -2.12. The van der Waals surface area contributed by atoms with E-state index in [0.717, 1.165) is 10.7 Å². The van der Waals surface area contributed by atoms with Crippen molar-refractivity contribution >= 4 is 33.0 Å². The highest BCUT2D eigenvalue weighted by molar-refractivity contribution is 9.10. The number of rotatable bonds is 3. The van der Waals surface area contributed by atoms with Crippen molar-refractivity contribution in [1.82, 2.24) is 4.98 Å². The number of carbonyl (C=O) groups excluding carboxylic acids is 1. The molecule has 0 saturated carbocycles. The fourth-order valence-electron chi connectivity index (χ4n) is 1.68. The summed E-state index contributed by atoms with van der Waals surface area (Å²) in [7, 11) is 0. The molecule has 0 saturated heterocycles. The zero-order valence-electron chi connectivity index (χ0n) is 11.5. The molecule has 2 aromatic rings. The van der Waals surface area contributed by atoms with Crippen LogP contribution in [-0.4, -0.2) is 10.8 Å². The second-order valence-electron chi connectivity index (χ2n) is 5.60. The van der Waals surface area contributed by atoms with Crippen LogP contribution >= 0.6 is 27.3 Å². The highest BCUT2D eigenvalue weighted by Gasteiger charge is 2.19. The van der Waals surface area contributed by atoms with Crippen LogP contribution in [0, 0.1) is 5.82 Å². The van der Waals surface area contributed by atoms with E-state index in [1.54, 1.807) is 6.07 Å². The third-order valence-corrected chi connectivity index (χ3v) is 4.40. The van der Waals surface area contributed by atoms with Crippen molar-refractivity contribution in [2.75, 3.05) is 0 Å². The lowest BCUT2D eigenvalue weighted by atomic mass is 9.93. The van der Waals surface area contributed by atoms with E-state index in [-0.39, 0.29) is 17.6 Å². The second-order valence-corrected chi connectivity index (χ2v) is 7.40. The number of aromatic nitrogens is 1. The van der Waals surface area contributed by atoms with Gasteiger partial charge in [-0.2, -0.15) is 0 Å². The molecule has 1 aromatic carbocycles. The molecule has 0 unspecified atom stereocenters. The van der Waals surface area contributed by atoms with Gasteiger partial charge in [0.25, 0.3) is 0 Å². The zero-order chi connectivity index (χ0) is 14.9. The standard InChI is InChI=1S/C15H15BrFNOS/c1-15(2,3)13-8-20-14(18-13)7-12(19)10-6-9(17)4-5-11(10)16/h4-6,8H,7H2,1-3H3. The van der Waals surface area contributed by atoms with Crippen molar-refractivity contribution in [3.8, 4) is 0 Å². The quantitative estimate of drug-likeness (QED) is 0.742. The second kappa shape index (κ2) is 5.74. The Kier molecular flexibility index (Phi) is 4.39. The molecule has 106 valence electrons. The molecule has 5 heteroatoms. The molecule has 1 heterocycles. The molecular weight excluding hydrogens is 341 g/mol. The Morgan fingerprint density at radius 3 is 2.70 bits per heavy atom. The number of carbonyl (C=O) groups is 1. The van der Waals surface area contributed by atoms with Crippen molar-refractivity contribution in [3.63, 3.8) is 0 Å². The fraction of sp³-hybridized carbons (Fsp3) is 0.333. The smallest absolute Gasteiger partial charge is 0.170 e. The van der Waals surface area contributed by atoms with Crippen LogP contribution in [0.1, 0.15) is 41.8 Å². The van der Waals surface area contributed by atoms with Crippen molar-refractivity contribution in [1.29, 1.82) is 0 Å². The lowest BCUT2D eigenvalue weighted by molar-refractivity contribution is 0.0991. The molecule has 0 aliphatic heterocycles. The molecular formula is C15H15BrFNOS. The predicted molar refractivity (Wildman–Crippen MR) is 82.9 cm³/mol. The van der Waals surface area contributed by atoms with E-state index in [0.29, 0.717) is 10.0 Å². The van der Waals surface area contributed by atoms with Gasteiger partial charge in [-0.05, 0) is 18.2 Å². The van der Waals surface area contributed by atoms with Crippen LogP contribution in [0.25, 0.3) is 0 Å². The minimum atomic E-state index is -0.411. The summed E-state index contributed by atoms with van der Waals surface area (Å²) >= 11 is 4.75. The lowest BCUT2D eigenvalue weighted by Gasteiger charge is -2.14. The molecule has 0 bridgehead atoms. The Morgan fingerprint density at radius 1 is 1.40 bits per heavy atom. The molecule has 0 radical (unpaired) electrons. The van der Waals surface area contributed by atoms with Gasteiger partial charge in [0.15, 0.2) is 5.78 Å². The van der Waals surface area contributed by atoms with Crippen LogP contribution in [0.3, 0.4) is 0 Å². The third kappa shape index (κ3) is 3.52. The normalized spacial score (nSPS) is 11.7. The molecule has 0 atom stereocenters. The first-order valence-electron chi connectivity index (χ1n) is 6.20. The Bertz CT molecular complexity index is 646. The van der Waals surface area contributed by atoms with Gasteiger partial charge in [0.1, 0.15) is 10.8 Å². The maximum absolute atomic E-state index is 13.2. The van der Waals surface area contributed by atoms with Crippen LogP contribution in [0.15, 0.2) is 28.1 Å². The van der Waals surface area contributed by atoms with E-state index in [1.807, 2.05) is 5.38 Å². The van der Waals surface area contributed by atoms with E-state index >= 15 is 0 Å². The molecule has 0 fully saturated rings. The molecule has 0 N–H and O–H groups in total. The molecule has 0 aliphatic carbocycles. The number of Topliss-reactive ketones (excluding diaryl/α,β-unsaturated/α-hetero) is 1. The number of ketones is 1. The van der Waals surface area contributed by atoms with E-state index in [1.165, 1.54) is 23.5 Å². The molecule has 0 amide bonds. The van der Waals surface area contributed by atoms with E-state index in [4.69, 9.17) is 0 Å². The van der Waals surface area contributed by atoms with Gasteiger partial charge in [-0.1, -0.05) is 36.7 Å². The summed E-state index contributed by atoms with van der Waals surface area (Å²) in [5, 5.41) is 2.74. The first-order chi connectivity index (χ1) is 9.27. The van der Waals surface area contributed by atoms with Gasteiger partial charge >= 0.3 is 0 Å². The molecule has 20 heavy (non-hydrogen) atoms. The largest absolute Gasteiger partial charge is 0.294 e. The van der Waals surface area contributed by atoms with E-state index in [9.17, 15) is 9.18 Å². The summed E-state index contributed by atoms with van der Waals surface area (Å²) in [6.45, 7) is 6.24. The number of hydrogen-bond acceptors (Lipinski definition) is 3. The summed E-state index contributed by atoms with van der Waals surface area (Å²) in [4.78, 5) is 16.7. The zero-order valence-corrected chi connectivity index (χ0v) is 13.9. The van der Waals surface area contributed by atoms with Gasteiger partial charge in [-0.3, -0.25) is 4.79 Å². The van der Waals surface area contributed by atoms with Gasteiger partial charge in [0.05, 0.1) is 12.1 Å². The van der Waals surface area contributed by atoms with Crippen molar-refractivity contribution in [2.24, 2.45) is 0 Å². The third-order valence-electron chi connectivity index (χ3n) is 2.86. The highest BCUT2D eigenvalue weighted by Crippen LogP contribution is 2.25. The average Bonchev–Trinajstić information content (AvgIpc) is 2.80. The number of benzene rings is 1. The fourth-order valence-corrected chi connectivity index (χ4v) is 3.17. The topological polar surface area (TPSA) is 30.0 Å². The Balaban J connectivity index is 2.20.